The normalized spacial score (nSPS) is 17.4. The van der Waals surface area contributed by atoms with Crippen LogP contribution < -0.4 is 16.8 Å². The van der Waals surface area contributed by atoms with E-state index in [2.05, 4.69) is 10.3 Å². The lowest BCUT2D eigenvalue weighted by molar-refractivity contribution is -0.141. The zero-order chi connectivity index (χ0) is 29.0. The molecule has 0 radical (unpaired) electrons. The number of likely N-dealkylation sites (tertiary alicyclic amines) is 1. The molecular formula is C28H29F4N5O3. The molecule has 1 saturated heterocycles. The van der Waals surface area contributed by atoms with Gasteiger partial charge in [-0.3, -0.25) is 19.3 Å². The lowest BCUT2D eigenvalue weighted by Crippen LogP contribution is -2.33. The van der Waals surface area contributed by atoms with Gasteiger partial charge in [0.25, 0.3) is 5.91 Å². The van der Waals surface area contributed by atoms with Crippen molar-refractivity contribution >= 4 is 34.8 Å². The van der Waals surface area contributed by atoms with E-state index >= 15 is 0 Å². The van der Waals surface area contributed by atoms with Gasteiger partial charge in [0.1, 0.15) is 17.2 Å². The van der Waals surface area contributed by atoms with E-state index in [1.807, 2.05) is 0 Å². The lowest BCUT2D eigenvalue weighted by Gasteiger charge is -2.27. The lowest BCUT2D eigenvalue weighted by atomic mass is 9.98. The van der Waals surface area contributed by atoms with Gasteiger partial charge in [0.15, 0.2) is 0 Å². The fourth-order valence-corrected chi connectivity index (χ4v) is 4.49. The van der Waals surface area contributed by atoms with E-state index in [4.69, 9.17) is 11.5 Å². The predicted octanol–water partition coefficient (Wildman–Crippen LogP) is 4.78. The third-order valence-electron chi connectivity index (χ3n) is 6.82. The van der Waals surface area contributed by atoms with Crippen LogP contribution in [0.25, 0.3) is 0 Å². The first-order valence-electron chi connectivity index (χ1n) is 12.8. The number of nitrogens with two attached hydrogens (primary N) is 2. The smallest absolute Gasteiger partial charge is 0.395 e. The van der Waals surface area contributed by atoms with Gasteiger partial charge in [-0.15, -0.1) is 0 Å². The van der Waals surface area contributed by atoms with Crippen LogP contribution in [0.3, 0.4) is 0 Å². The summed E-state index contributed by atoms with van der Waals surface area (Å²) in [4.78, 5) is 43.4. The molecule has 0 bridgehead atoms. The summed E-state index contributed by atoms with van der Waals surface area (Å²) in [7, 11) is 0. The first-order chi connectivity index (χ1) is 19.0. The molecule has 212 valence electrons. The molecule has 4 rings (SSSR count). The largest absolute Gasteiger partial charge is 0.430 e. The van der Waals surface area contributed by atoms with Gasteiger partial charge in [-0.25, -0.2) is 9.38 Å². The molecule has 1 aliphatic heterocycles. The highest BCUT2D eigenvalue weighted by Gasteiger charge is 2.37. The number of imide groups is 1. The van der Waals surface area contributed by atoms with Crippen LogP contribution in [0, 0.1) is 11.7 Å². The standard InChI is InChI=1S/C28H29F4N5O3/c29-20-8-7-18(23(9-6-16-4-5-16)37-25(38)10-11-26(37)39)13-21(20)36-27(40)22(14-24(34)28(30,31)32)35-19-3-1-2-17(12-19)15-33/h1-3,7-8,12-14,16,23H,4-6,9-11,15,33-34H2,(H,36,40). The van der Waals surface area contributed by atoms with Gasteiger partial charge in [0, 0.05) is 19.4 Å². The minimum absolute atomic E-state index is 0.0850. The van der Waals surface area contributed by atoms with E-state index in [1.165, 1.54) is 29.2 Å². The number of aliphatic imine (C=N–C) groups is 1. The number of nitrogens with one attached hydrogen (secondary N) is 1. The number of hydrogen-bond donors (Lipinski definition) is 3. The topological polar surface area (TPSA) is 131 Å². The van der Waals surface area contributed by atoms with E-state index in [0.717, 1.165) is 25.3 Å². The predicted molar refractivity (Wildman–Crippen MR) is 141 cm³/mol. The zero-order valence-electron chi connectivity index (χ0n) is 21.5. The molecule has 1 unspecified atom stereocenters. The average Bonchev–Trinajstić information content (AvgIpc) is 3.68. The summed E-state index contributed by atoms with van der Waals surface area (Å²) in [6.07, 6.45) is -1.05. The number of amides is 3. The third-order valence-corrected chi connectivity index (χ3v) is 6.82. The van der Waals surface area contributed by atoms with Crippen LogP contribution >= 0.6 is 0 Å². The molecule has 2 fully saturated rings. The Labute approximate surface area is 228 Å². The molecular weight excluding hydrogens is 530 g/mol. The molecule has 1 atom stereocenters. The van der Waals surface area contributed by atoms with Crippen molar-refractivity contribution < 1.29 is 31.9 Å². The molecule has 2 aliphatic rings. The maximum atomic E-state index is 14.9. The number of anilines is 1. The Kier molecular flexibility index (Phi) is 8.67. The van der Waals surface area contributed by atoms with Crippen molar-refractivity contribution in [3.63, 3.8) is 0 Å². The third kappa shape index (κ3) is 7.12. The first kappa shape index (κ1) is 28.9. The van der Waals surface area contributed by atoms with Gasteiger partial charge in [0.2, 0.25) is 11.8 Å². The fourth-order valence-electron chi connectivity index (χ4n) is 4.49. The van der Waals surface area contributed by atoms with Gasteiger partial charge in [-0.1, -0.05) is 31.0 Å². The molecule has 0 spiro atoms. The van der Waals surface area contributed by atoms with E-state index in [-0.39, 0.29) is 42.6 Å². The van der Waals surface area contributed by atoms with E-state index < -0.39 is 35.4 Å². The monoisotopic (exact) mass is 559 g/mol. The number of benzene rings is 2. The highest BCUT2D eigenvalue weighted by atomic mass is 19.4. The number of carbonyl (C=O) groups is 3. The highest BCUT2D eigenvalue weighted by Crippen LogP contribution is 2.39. The molecule has 40 heavy (non-hydrogen) atoms. The number of nitrogens with zero attached hydrogens (tertiary/aromatic N) is 2. The Bertz CT molecular complexity index is 1350. The first-order valence-corrected chi connectivity index (χ1v) is 12.8. The van der Waals surface area contributed by atoms with Crippen LogP contribution in [0.5, 0.6) is 0 Å². The summed E-state index contributed by atoms with van der Waals surface area (Å²) < 4.78 is 54.4. The van der Waals surface area contributed by atoms with Gasteiger partial charge >= 0.3 is 6.18 Å². The maximum Gasteiger partial charge on any atom is 0.430 e. The molecule has 1 aliphatic carbocycles. The van der Waals surface area contributed by atoms with Crippen molar-refractivity contribution in [2.45, 2.75) is 57.3 Å². The summed E-state index contributed by atoms with van der Waals surface area (Å²) in [5.41, 5.74) is 9.31. The molecule has 3 amide bonds. The SMILES string of the molecule is NCc1cccc(N=C(C=C(N)C(F)(F)F)C(=O)Nc2cc(C(CCC3CC3)N3C(=O)CCC3=O)ccc2F)c1. The van der Waals surface area contributed by atoms with Crippen molar-refractivity contribution in [2.24, 2.45) is 22.4 Å². The summed E-state index contributed by atoms with van der Waals surface area (Å²) in [6, 6.07) is 9.31. The molecule has 0 aromatic heterocycles. The zero-order valence-corrected chi connectivity index (χ0v) is 21.5. The number of alkyl halides is 3. The Morgan fingerprint density at radius 2 is 1.82 bits per heavy atom. The fraction of sp³-hybridized carbons (Fsp3) is 0.357. The average molecular weight is 560 g/mol. The Hall–Kier alpha value is -4.06. The van der Waals surface area contributed by atoms with Crippen LogP contribution in [0.1, 0.15) is 55.7 Å². The number of rotatable bonds is 10. The summed E-state index contributed by atoms with van der Waals surface area (Å²) in [5.74, 6) is -2.18. The Morgan fingerprint density at radius 1 is 1.12 bits per heavy atom. The molecule has 8 nitrogen and oxygen atoms in total. The van der Waals surface area contributed by atoms with Crippen LogP contribution in [-0.4, -0.2) is 34.5 Å². The molecule has 12 heteroatoms. The van der Waals surface area contributed by atoms with Gasteiger partial charge in [-0.2, -0.15) is 13.2 Å². The number of hydrogen-bond acceptors (Lipinski definition) is 6. The summed E-state index contributed by atoms with van der Waals surface area (Å²) in [6.45, 7) is 0.132. The molecule has 1 saturated carbocycles. The van der Waals surface area contributed by atoms with Crippen molar-refractivity contribution in [3.05, 3.63) is 71.2 Å². The second-order valence-corrected chi connectivity index (χ2v) is 9.86. The van der Waals surface area contributed by atoms with E-state index in [1.54, 1.807) is 12.1 Å². The van der Waals surface area contributed by atoms with Gasteiger partial charge in [0.05, 0.1) is 17.4 Å². The minimum atomic E-state index is -4.94. The summed E-state index contributed by atoms with van der Waals surface area (Å²) >= 11 is 0. The highest BCUT2D eigenvalue weighted by molar-refractivity contribution is 6.47. The molecule has 2 aromatic carbocycles. The van der Waals surface area contributed by atoms with Crippen LogP contribution in [0.15, 0.2) is 59.2 Å². The van der Waals surface area contributed by atoms with E-state index in [9.17, 15) is 31.9 Å². The number of halogens is 4. The van der Waals surface area contributed by atoms with Crippen molar-refractivity contribution in [1.82, 2.24) is 4.90 Å². The van der Waals surface area contributed by atoms with Crippen LogP contribution in [0.2, 0.25) is 0 Å². The molecule has 2 aromatic rings. The van der Waals surface area contributed by atoms with Crippen LogP contribution in [-0.2, 0) is 20.9 Å². The second kappa shape index (κ2) is 12.0. The molecule has 5 N–H and O–H groups in total. The van der Waals surface area contributed by atoms with Crippen molar-refractivity contribution in [1.29, 1.82) is 0 Å². The van der Waals surface area contributed by atoms with E-state index in [0.29, 0.717) is 29.5 Å². The van der Waals surface area contributed by atoms with Gasteiger partial charge < -0.3 is 16.8 Å². The minimum Gasteiger partial charge on any atom is -0.395 e. The summed E-state index contributed by atoms with van der Waals surface area (Å²) in [5, 5.41) is 2.28. The van der Waals surface area contributed by atoms with Crippen molar-refractivity contribution in [3.8, 4) is 0 Å². The molecule has 1 heterocycles. The quantitative estimate of drug-likeness (QED) is 0.219. The second-order valence-electron chi connectivity index (χ2n) is 9.86. The Balaban J connectivity index is 1.67. The van der Waals surface area contributed by atoms with Gasteiger partial charge in [-0.05, 0) is 60.2 Å². The number of carbonyl (C=O) groups excluding carboxylic acids is 3. The van der Waals surface area contributed by atoms with Crippen molar-refractivity contribution in [2.75, 3.05) is 5.32 Å². The van der Waals surface area contributed by atoms with Crippen LogP contribution in [0.4, 0.5) is 28.9 Å². The maximum absolute atomic E-state index is 14.9. The number of allylic oxidation sites excluding steroid dienone is 1. The Morgan fingerprint density at radius 3 is 2.45 bits per heavy atom.